The Hall–Kier alpha value is -4.83. The number of aliphatic hydroxyl groups excluding tert-OH is 2. The van der Waals surface area contributed by atoms with E-state index >= 15 is 0 Å². The van der Waals surface area contributed by atoms with Gasteiger partial charge in [0, 0.05) is 19.3 Å². The fourth-order valence-corrected chi connectivity index (χ4v) is 11.5. The Labute approximate surface area is 612 Å². The van der Waals surface area contributed by atoms with Gasteiger partial charge in [-0.2, -0.15) is 0 Å². The van der Waals surface area contributed by atoms with E-state index in [1.165, 1.54) is 83.5 Å². The van der Waals surface area contributed by atoms with Crippen LogP contribution in [0.15, 0.2) is 158 Å². The second kappa shape index (κ2) is 74.9. The Bertz CT molecular complexity index is 2470. The largest absolute Gasteiger partial charge is 0.472 e. The molecule has 0 amide bonds. The number of unbranched alkanes of at least 4 members (excludes halogenated alkanes) is 23. The Kier molecular flexibility index (Phi) is 71.3. The van der Waals surface area contributed by atoms with Crippen molar-refractivity contribution in [2.75, 3.05) is 39.6 Å². The molecule has 576 valence electrons. The zero-order valence-corrected chi connectivity index (χ0v) is 64.6. The predicted octanol–water partition coefficient (Wildman–Crippen LogP) is 22.6. The number of ether oxygens (including phenoxy) is 3. The SMILES string of the molecule is CC/C=C\C/C=C\C/C=C\C/C=C\C/C=C\CCCCCC(=O)OCC(COP(=O)(O)OCC(O)COP(=O)(O)OCC(O)COC(=O)CCCCCCCCCCCCCCC/C=C\C/C=C\C/C=C\C/C=C\CCCCC)OC(=O)CCCCCC/C=C\C/C=C\C/C=C\C/C=C\CC. The summed E-state index contributed by atoms with van der Waals surface area (Å²) >= 11 is 0. The molecule has 0 spiro atoms. The average molecular weight is 1450 g/mol. The van der Waals surface area contributed by atoms with E-state index in [0.717, 1.165) is 148 Å². The number of rotatable bonds is 72. The third-order valence-corrected chi connectivity index (χ3v) is 17.6. The molecule has 0 saturated carbocycles. The summed E-state index contributed by atoms with van der Waals surface area (Å²) in [6.45, 7) is 2.34. The lowest BCUT2D eigenvalue weighted by molar-refractivity contribution is -0.161. The average Bonchev–Trinajstić information content (AvgIpc) is 1.07. The lowest BCUT2D eigenvalue weighted by atomic mass is 10.0. The van der Waals surface area contributed by atoms with E-state index in [4.69, 9.17) is 32.3 Å². The van der Waals surface area contributed by atoms with Crippen LogP contribution in [0.4, 0.5) is 0 Å². The molecule has 0 aromatic rings. The van der Waals surface area contributed by atoms with E-state index in [0.29, 0.717) is 19.3 Å². The van der Waals surface area contributed by atoms with Crippen molar-refractivity contribution in [2.45, 2.75) is 309 Å². The van der Waals surface area contributed by atoms with Gasteiger partial charge < -0.3 is 34.2 Å². The van der Waals surface area contributed by atoms with E-state index in [1.54, 1.807) is 0 Å². The Morgan fingerprint density at radius 3 is 0.842 bits per heavy atom. The molecule has 5 atom stereocenters. The van der Waals surface area contributed by atoms with Crippen LogP contribution in [0.25, 0.3) is 0 Å². The highest BCUT2D eigenvalue weighted by Crippen LogP contribution is 2.45. The van der Waals surface area contributed by atoms with E-state index in [1.807, 2.05) is 0 Å². The first kappa shape index (κ1) is 96.2. The number of phosphoric ester groups is 2. The predicted molar refractivity (Wildman–Crippen MR) is 417 cm³/mol. The number of phosphoric acid groups is 2. The maximum atomic E-state index is 13.0. The van der Waals surface area contributed by atoms with Crippen molar-refractivity contribution in [3.63, 3.8) is 0 Å². The molecule has 18 heteroatoms. The van der Waals surface area contributed by atoms with Gasteiger partial charge in [0.15, 0.2) is 6.10 Å². The van der Waals surface area contributed by atoms with Crippen LogP contribution in [0.1, 0.15) is 290 Å². The van der Waals surface area contributed by atoms with Crippen molar-refractivity contribution in [3.05, 3.63) is 158 Å². The monoisotopic (exact) mass is 1450 g/mol. The maximum absolute atomic E-state index is 13.0. The van der Waals surface area contributed by atoms with Crippen molar-refractivity contribution in [1.82, 2.24) is 0 Å². The maximum Gasteiger partial charge on any atom is 0.472 e. The smallest absolute Gasteiger partial charge is 0.463 e. The Morgan fingerprint density at radius 1 is 0.287 bits per heavy atom. The quantitative estimate of drug-likeness (QED) is 0.0146. The summed E-state index contributed by atoms with van der Waals surface area (Å²) in [4.78, 5) is 58.6. The molecule has 5 unspecified atom stereocenters. The van der Waals surface area contributed by atoms with E-state index in [9.17, 15) is 43.5 Å². The molecule has 0 rings (SSSR count). The Balaban J connectivity index is 4.60. The number of carbonyl (C=O) groups is 3. The molecule has 4 N–H and O–H groups in total. The molecule has 0 saturated heterocycles. The highest BCUT2D eigenvalue weighted by Gasteiger charge is 2.29. The van der Waals surface area contributed by atoms with Gasteiger partial charge in [-0.25, -0.2) is 9.13 Å². The summed E-state index contributed by atoms with van der Waals surface area (Å²) < 4.78 is 61.1. The van der Waals surface area contributed by atoms with Crippen molar-refractivity contribution >= 4 is 33.6 Å². The van der Waals surface area contributed by atoms with Crippen LogP contribution in [0.2, 0.25) is 0 Å². The number of allylic oxidation sites excluding steroid dienone is 26. The number of esters is 3. The fraction of sp³-hybridized carbons (Fsp3) is 0.651. The summed E-state index contributed by atoms with van der Waals surface area (Å²) in [7, 11) is -9.82. The van der Waals surface area contributed by atoms with Gasteiger partial charge >= 0.3 is 33.6 Å². The van der Waals surface area contributed by atoms with Crippen LogP contribution in [0.5, 0.6) is 0 Å². The lowest BCUT2D eigenvalue weighted by Crippen LogP contribution is -2.30. The number of carbonyl (C=O) groups excluding carboxylic acids is 3. The third-order valence-electron chi connectivity index (χ3n) is 15.7. The molecule has 101 heavy (non-hydrogen) atoms. The summed E-state index contributed by atoms with van der Waals surface area (Å²) in [6.07, 6.45) is 92.9. The van der Waals surface area contributed by atoms with Crippen molar-refractivity contribution < 1.29 is 75.8 Å². The van der Waals surface area contributed by atoms with Gasteiger partial charge in [-0.05, 0) is 148 Å². The number of aliphatic hydroxyl groups is 2. The molecule has 0 aliphatic rings. The highest BCUT2D eigenvalue weighted by molar-refractivity contribution is 7.47. The summed E-state index contributed by atoms with van der Waals surface area (Å²) in [6, 6.07) is 0. The molecular weight excluding hydrogens is 1310 g/mol. The van der Waals surface area contributed by atoms with Gasteiger partial charge in [-0.3, -0.25) is 32.5 Å². The minimum absolute atomic E-state index is 0.0633. The minimum atomic E-state index is -4.95. The summed E-state index contributed by atoms with van der Waals surface area (Å²) in [5, 5.41) is 20.6. The van der Waals surface area contributed by atoms with E-state index in [2.05, 4.69) is 179 Å². The second-order valence-electron chi connectivity index (χ2n) is 25.4. The van der Waals surface area contributed by atoms with Crippen LogP contribution in [0.3, 0.4) is 0 Å². The van der Waals surface area contributed by atoms with Crippen LogP contribution in [-0.4, -0.2) is 95.9 Å². The molecule has 0 aromatic carbocycles. The molecule has 16 nitrogen and oxygen atoms in total. The van der Waals surface area contributed by atoms with Gasteiger partial charge in [0.05, 0.1) is 26.4 Å². The first-order valence-corrected chi connectivity index (χ1v) is 41.8. The van der Waals surface area contributed by atoms with Gasteiger partial charge in [0.2, 0.25) is 0 Å². The van der Waals surface area contributed by atoms with Crippen molar-refractivity contribution in [3.8, 4) is 0 Å². The third kappa shape index (κ3) is 76.1. The summed E-state index contributed by atoms with van der Waals surface area (Å²) in [5.74, 6) is -1.65. The molecule has 0 radical (unpaired) electrons. The van der Waals surface area contributed by atoms with Crippen LogP contribution in [0, 0.1) is 0 Å². The second-order valence-corrected chi connectivity index (χ2v) is 28.3. The lowest BCUT2D eigenvalue weighted by Gasteiger charge is -2.21. The zero-order valence-electron chi connectivity index (χ0n) is 62.8. The minimum Gasteiger partial charge on any atom is -0.463 e. The van der Waals surface area contributed by atoms with Gasteiger partial charge in [-0.1, -0.05) is 281 Å². The molecule has 0 bridgehead atoms. The van der Waals surface area contributed by atoms with Gasteiger partial charge in [0.1, 0.15) is 25.4 Å². The van der Waals surface area contributed by atoms with Gasteiger partial charge in [0.25, 0.3) is 0 Å². The van der Waals surface area contributed by atoms with Crippen molar-refractivity contribution in [2.24, 2.45) is 0 Å². The molecule has 0 aliphatic carbocycles. The Morgan fingerprint density at radius 2 is 0.525 bits per heavy atom. The van der Waals surface area contributed by atoms with Gasteiger partial charge in [-0.15, -0.1) is 0 Å². The fourth-order valence-electron chi connectivity index (χ4n) is 9.87. The summed E-state index contributed by atoms with van der Waals surface area (Å²) in [5.41, 5.74) is 0. The molecule has 0 heterocycles. The first-order chi connectivity index (χ1) is 49.2. The van der Waals surface area contributed by atoms with Crippen LogP contribution in [-0.2, 0) is 55.8 Å². The highest BCUT2D eigenvalue weighted by atomic mass is 31.2. The van der Waals surface area contributed by atoms with Crippen LogP contribution >= 0.6 is 15.6 Å². The molecule has 0 aromatic heterocycles. The molecule has 0 fully saturated rings. The number of hydrogen-bond donors (Lipinski definition) is 4. The zero-order chi connectivity index (χ0) is 73.7. The topological polar surface area (TPSA) is 231 Å². The van der Waals surface area contributed by atoms with E-state index < -0.39 is 91.5 Å². The molecular formula is C83H138O16P2. The van der Waals surface area contributed by atoms with Crippen LogP contribution < -0.4 is 0 Å². The van der Waals surface area contributed by atoms with E-state index in [-0.39, 0.29) is 19.3 Å². The van der Waals surface area contributed by atoms with Crippen molar-refractivity contribution in [1.29, 1.82) is 0 Å². The number of hydrogen-bond acceptors (Lipinski definition) is 14. The molecule has 0 aliphatic heterocycles. The standard InChI is InChI=1S/C83H138O16P2/c1-4-7-10-13-16-19-22-25-28-31-33-34-35-36-37-38-39-40-41-42-44-47-48-51-54-57-60-63-66-69-81(86)93-72-78(84)73-95-100(89,90)96-74-79(85)75-97-101(91,92)98-77-80(99-83(88)71-68-65-62-59-56-53-50-45-30-27-24-21-18-15-12-9-6-3)76-94-82(87)70-67-64-61-58-55-52-49-46-43-32-29-26-23-20-17-14-11-8-5-2/h8-9,11-12,16-21,25-30,33-34,36-37,43,46,50,52-53,55,78-80,84-85H,4-7,10,13-15,22-24,31-32,35,38-42,44-45,47-49,51,54,56-77H2,1-3H3,(H,89,90)(H,91,92)/b11-8-,12-9-,19-16-,20-17-,21-18-,28-25-,29-26-,30-27-,34-33-,37-36-,46-43-,53-50-,55-52-. The first-order valence-electron chi connectivity index (χ1n) is 38.8. The normalized spacial score (nSPS) is 14.9.